The Kier molecular flexibility index (Phi) is 5.29. The normalized spacial score (nSPS) is 14.4. The lowest BCUT2D eigenvalue weighted by Gasteiger charge is -2.19. The van der Waals surface area contributed by atoms with E-state index in [9.17, 15) is 8.42 Å². The van der Waals surface area contributed by atoms with E-state index in [2.05, 4.69) is 40.7 Å². The number of fused-ring (bicyclic) bond motifs is 1. The third-order valence-electron chi connectivity index (χ3n) is 4.86. The summed E-state index contributed by atoms with van der Waals surface area (Å²) in [5.41, 5.74) is 1.57. The van der Waals surface area contributed by atoms with Crippen LogP contribution in [0.3, 0.4) is 0 Å². The van der Waals surface area contributed by atoms with E-state index in [0.29, 0.717) is 42.1 Å². The van der Waals surface area contributed by atoms with E-state index in [1.165, 1.54) is 12.3 Å². The molecular weight excluding hydrogens is 426 g/mol. The molecule has 0 radical (unpaired) electrons. The maximum atomic E-state index is 13.0. The minimum Gasteiger partial charge on any atom is -0.372 e. The lowest BCUT2D eigenvalue weighted by Crippen LogP contribution is -2.19. The van der Waals surface area contributed by atoms with Crippen molar-refractivity contribution in [3.8, 4) is 11.5 Å². The number of nitrogens with one attached hydrogen (secondary N) is 1. The van der Waals surface area contributed by atoms with Crippen molar-refractivity contribution in [1.29, 1.82) is 0 Å². The van der Waals surface area contributed by atoms with Gasteiger partial charge in [0.2, 0.25) is 0 Å². The summed E-state index contributed by atoms with van der Waals surface area (Å²) in [6.07, 6.45) is 1.45. The number of ether oxygens (including phenoxy) is 1. The Bertz CT molecular complexity index is 1180. The second kappa shape index (κ2) is 7.64. The molecule has 4 rings (SSSR count). The van der Waals surface area contributed by atoms with Crippen LogP contribution < -0.4 is 4.72 Å². The van der Waals surface area contributed by atoms with Crippen molar-refractivity contribution in [1.82, 2.24) is 19.7 Å². The molecule has 2 aromatic heterocycles. The van der Waals surface area contributed by atoms with Crippen molar-refractivity contribution in [3.05, 3.63) is 52.9 Å². The molecule has 0 bridgehead atoms. The minimum atomic E-state index is -3.86. The van der Waals surface area contributed by atoms with Crippen molar-refractivity contribution >= 4 is 27.3 Å². The number of hydrogen-bond acceptors (Lipinski definition) is 6. The highest BCUT2D eigenvalue weighted by molar-refractivity contribution is 7.92. The number of sulfonamides is 1. The smallest absolute Gasteiger partial charge is 0.261 e. The fourth-order valence-electron chi connectivity index (χ4n) is 3.20. The topological polar surface area (TPSA) is 99.0 Å². The van der Waals surface area contributed by atoms with Gasteiger partial charge in [0.05, 0.1) is 22.2 Å². The molecule has 0 fully saturated rings. The Morgan fingerprint density at radius 3 is 2.60 bits per heavy atom. The molecule has 3 aromatic rings. The predicted molar refractivity (Wildman–Crippen MR) is 114 cm³/mol. The van der Waals surface area contributed by atoms with E-state index in [1.807, 2.05) is 16.7 Å². The van der Waals surface area contributed by atoms with Gasteiger partial charge in [0.25, 0.3) is 10.0 Å². The van der Waals surface area contributed by atoms with Gasteiger partial charge in [-0.15, -0.1) is 10.2 Å². The monoisotopic (exact) mass is 447 g/mol. The molecule has 1 N–H and O–H groups in total. The summed E-state index contributed by atoms with van der Waals surface area (Å²) in [6.45, 7) is 7.64. The van der Waals surface area contributed by atoms with Crippen LogP contribution in [0.25, 0.3) is 11.5 Å². The maximum absolute atomic E-state index is 13.0. The van der Waals surface area contributed by atoms with E-state index < -0.39 is 10.0 Å². The Balaban J connectivity index is 1.71. The van der Waals surface area contributed by atoms with Crippen LogP contribution in [-0.2, 0) is 33.3 Å². The van der Waals surface area contributed by atoms with Crippen molar-refractivity contribution in [2.45, 2.75) is 44.2 Å². The minimum absolute atomic E-state index is 0.0732. The Morgan fingerprint density at radius 2 is 1.90 bits per heavy atom. The van der Waals surface area contributed by atoms with Gasteiger partial charge in [-0.2, -0.15) is 0 Å². The van der Waals surface area contributed by atoms with Crippen LogP contribution in [0.5, 0.6) is 0 Å². The number of anilines is 1. The van der Waals surface area contributed by atoms with Crippen LogP contribution in [-0.4, -0.2) is 34.8 Å². The quantitative estimate of drug-likeness (QED) is 0.655. The second-order valence-corrected chi connectivity index (χ2v) is 10.2. The Labute approximate surface area is 180 Å². The maximum Gasteiger partial charge on any atom is 0.261 e. The van der Waals surface area contributed by atoms with Crippen LogP contribution in [0.15, 0.2) is 41.4 Å². The largest absolute Gasteiger partial charge is 0.372 e. The zero-order chi connectivity index (χ0) is 21.5. The Morgan fingerprint density at radius 1 is 1.17 bits per heavy atom. The van der Waals surface area contributed by atoms with Crippen molar-refractivity contribution in [2.24, 2.45) is 0 Å². The molecule has 158 valence electrons. The number of rotatable bonds is 4. The first-order valence-corrected chi connectivity index (χ1v) is 11.3. The van der Waals surface area contributed by atoms with Gasteiger partial charge >= 0.3 is 0 Å². The molecule has 1 aliphatic heterocycles. The molecule has 0 unspecified atom stereocenters. The van der Waals surface area contributed by atoms with E-state index >= 15 is 0 Å². The standard InChI is InChI=1S/C20H22ClN5O3S/c1-20(2,3)13-4-6-15(7-5-13)30(27,28)25-16-10-14(21)11-22-18(16)19-24-23-17-12-29-9-8-26(17)19/h4-7,10-11,25H,8-9,12H2,1-3H3. The molecule has 10 heteroatoms. The summed E-state index contributed by atoms with van der Waals surface area (Å²) in [5, 5.41) is 8.62. The van der Waals surface area contributed by atoms with Gasteiger partial charge < -0.3 is 9.30 Å². The highest BCUT2D eigenvalue weighted by Crippen LogP contribution is 2.31. The summed E-state index contributed by atoms with van der Waals surface area (Å²) in [4.78, 5) is 4.48. The first kappa shape index (κ1) is 20.8. The molecular formula is C20H22ClN5O3S. The average Bonchev–Trinajstić information content (AvgIpc) is 3.11. The van der Waals surface area contributed by atoms with Crippen LogP contribution in [0, 0.1) is 0 Å². The van der Waals surface area contributed by atoms with Gasteiger partial charge in [-0.05, 0) is 29.2 Å². The van der Waals surface area contributed by atoms with Gasteiger partial charge in [-0.1, -0.05) is 44.5 Å². The van der Waals surface area contributed by atoms with Crippen LogP contribution >= 0.6 is 11.6 Å². The first-order valence-electron chi connectivity index (χ1n) is 9.44. The van der Waals surface area contributed by atoms with Crippen molar-refractivity contribution in [3.63, 3.8) is 0 Å². The zero-order valence-electron chi connectivity index (χ0n) is 16.9. The van der Waals surface area contributed by atoms with E-state index in [0.717, 1.165) is 5.56 Å². The second-order valence-electron chi connectivity index (χ2n) is 8.07. The number of benzene rings is 1. The molecule has 0 atom stereocenters. The van der Waals surface area contributed by atoms with Crippen molar-refractivity contribution in [2.75, 3.05) is 11.3 Å². The summed E-state index contributed by atoms with van der Waals surface area (Å²) < 4.78 is 36.0. The summed E-state index contributed by atoms with van der Waals surface area (Å²) in [5.74, 6) is 1.13. The SMILES string of the molecule is CC(C)(C)c1ccc(S(=O)(=O)Nc2cc(Cl)cnc2-c2nnc3n2CCOC3)cc1. The number of nitrogens with zero attached hydrogens (tertiary/aromatic N) is 4. The molecule has 30 heavy (non-hydrogen) atoms. The Hall–Kier alpha value is -2.49. The average molecular weight is 448 g/mol. The molecule has 0 aliphatic carbocycles. The third kappa shape index (κ3) is 4.05. The van der Waals surface area contributed by atoms with E-state index in [4.69, 9.17) is 16.3 Å². The molecule has 0 saturated heterocycles. The molecule has 1 aromatic carbocycles. The lowest BCUT2D eigenvalue weighted by molar-refractivity contribution is 0.0820. The van der Waals surface area contributed by atoms with E-state index in [1.54, 1.807) is 12.1 Å². The predicted octanol–water partition coefficient (Wildman–Crippen LogP) is 3.62. The molecule has 0 amide bonds. The first-order chi connectivity index (χ1) is 14.1. The van der Waals surface area contributed by atoms with Crippen LogP contribution in [0.4, 0.5) is 5.69 Å². The number of hydrogen-bond donors (Lipinski definition) is 1. The summed E-state index contributed by atoms with van der Waals surface area (Å²) in [7, 11) is -3.86. The summed E-state index contributed by atoms with van der Waals surface area (Å²) in [6, 6.07) is 8.35. The van der Waals surface area contributed by atoms with Gasteiger partial charge in [0.15, 0.2) is 11.6 Å². The van der Waals surface area contributed by atoms with Gasteiger partial charge in [-0.3, -0.25) is 4.72 Å². The van der Waals surface area contributed by atoms with Crippen molar-refractivity contribution < 1.29 is 13.2 Å². The fraction of sp³-hybridized carbons (Fsp3) is 0.350. The van der Waals surface area contributed by atoms with Crippen LogP contribution in [0.2, 0.25) is 5.02 Å². The molecule has 3 heterocycles. The number of halogens is 1. The van der Waals surface area contributed by atoms with Crippen LogP contribution in [0.1, 0.15) is 32.2 Å². The lowest BCUT2D eigenvalue weighted by atomic mass is 9.87. The number of pyridine rings is 1. The van der Waals surface area contributed by atoms with Gasteiger partial charge in [-0.25, -0.2) is 13.4 Å². The molecule has 0 saturated carbocycles. The fourth-order valence-corrected chi connectivity index (χ4v) is 4.42. The van der Waals surface area contributed by atoms with E-state index in [-0.39, 0.29) is 16.0 Å². The highest BCUT2D eigenvalue weighted by Gasteiger charge is 2.24. The van der Waals surface area contributed by atoms with Gasteiger partial charge in [0, 0.05) is 12.7 Å². The molecule has 1 aliphatic rings. The molecule has 8 nitrogen and oxygen atoms in total. The summed E-state index contributed by atoms with van der Waals surface area (Å²) >= 11 is 6.11. The molecule has 0 spiro atoms. The number of aromatic nitrogens is 4. The third-order valence-corrected chi connectivity index (χ3v) is 6.45. The van der Waals surface area contributed by atoms with Gasteiger partial charge in [0.1, 0.15) is 12.3 Å². The zero-order valence-corrected chi connectivity index (χ0v) is 18.5. The highest BCUT2D eigenvalue weighted by atomic mass is 35.5.